The molecule has 6 aliphatic carbocycles. The second kappa shape index (κ2) is 32.2. The summed E-state index contributed by atoms with van der Waals surface area (Å²) >= 11 is 0. The predicted molar refractivity (Wildman–Crippen MR) is 356 cm³/mol. The molecular weight excluding hydrogens is 913 g/mol. The van der Waals surface area contributed by atoms with Crippen molar-refractivity contribution in [2.45, 2.75) is 372 Å². The molecular formula is C76H158. The molecule has 76 heavy (non-hydrogen) atoms. The van der Waals surface area contributed by atoms with Crippen LogP contribution in [0.5, 0.6) is 0 Å². The molecule has 0 spiro atoms. The van der Waals surface area contributed by atoms with Gasteiger partial charge in [0.15, 0.2) is 0 Å². The second-order valence-electron chi connectivity index (χ2n) is 36.6. The Morgan fingerprint density at radius 2 is 0.737 bits per heavy atom. The average molecular weight is 1080 g/mol. The summed E-state index contributed by atoms with van der Waals surface area (Å²) in [5.74, 6) is 0.402. The van der Waals surface area contributed by atoms with Crippen LogP contribution in [0, 0.1) is 119 Å². The Morgan fingerprint density at radius 1 is 0.447 bits per heavy atom. The van der Waals surface area contributed by atoms with Crippen LogP contribution in [-0.4, -0.2) is 0 Å². The van der Waals surface area contributed by atoms with Crippen molar-refractivity contribution in [3.8, 4) is 0 Å². The molecule has 0 aromatic heterocycles. The summed E-state index contributed by atoms with van der Waals surface area (Å²) in [5, 5.41) is 0. The van der Waals surface area contributed by atoms with E-state index in [0.29, 0.717) is 22.2 Å². The van der Waals surface area contributed by atoms with Crippen LogP contribution in [-0.2, 0) is 0 Å². The average Bonchev–Trinajstić information content (AvgIpc) is 3.68. The first-order chi connectivity index (χ1) is 37.3. The third-order valence-corrected chi connectivity index (χ3v) is 18.3. The maximum atomic E-state index is 8.27. The van der Waals surface area contributed by atoms with Crippen molar-refractivity contribution in [3.63, 3.8) is 0 Å². The molecule has 0 amide bonds. The maximum Gasteiger partial charge on any atom is 0.0311 e. The Hall–Kier alpha value is 0. The van der Waals surface area contributed by atoms with E-state index in [1.807, 2.05) is 27.7 Å². The molecule has 2 unspecified atom stereocenters. The summed E-state index contributed by atoms with van der Waals surface area (Å²) < 4.78 is 85.1. The van der Waals surface area contributed by atoms with Gasteiger partial charge in [-0.05, 0) is 189 Å². The van der Waals surface area contributed by atoms with Crippen molar-refractivity contribution in [1.29, 1.82) is 0 Å². The fraction of sp³-hybridized carbons (Fsp3) is 1.00. The third kappa shape index (κ3) is 35.8. The summed E-state index contributed by atoms with van der Waals surface area (Å²) in [6, 6.07) is 0. The van der Waals surface area contributed by atoms with E-state index in [0.717, 1.165) is 55.8 Å². The third-order valence-electron chi connectivity index (χ3n) is 18.3. The van der Waals surface area contributed by atoms with Gasteiger partial charge in [0, 0.05) is 15.1 Å². The zero-order chi connectivity index (χ0) is 71.1. The van der Waals surface area contributed by atoms with Gasteiger partial charge in [-0.25, -0.2) is 0 Å². The van der Waals surface area contributed by atoms with Crippen LogP contribution in [0.3, 0.4) is 0 Å². The van der Waals surface area contributed by atoms with E-state index < -0.39 is 24.5 Å². The minimum absolute atomic E-state index is 0.0469. The lowest BCUT2D eigenvalue weighted by Crippen LogP contribution is -2.51. The molecule has 2 atom stereocenters. The van der Waals surface area contributed by atoms with Gasteiger partial charge in [0.2, 0.25) is 0 Å². The van der Waals surface area contributed by atoms with Crippen LogP contribution >= 0.6 is 0 Å². The number of rotatable bonds is 2. The van der Waals surface area contributed by atoms with Crippen molar-refractivity contribution in [2.24, 2.45) is 119 Å². The largest absolute Gasteiger partial charge is 0.0651 e. The first-order valence-electron chi connectivity index (χ1n) is 37.3. The number of hydrogen-bond donors (Lipinski definition) is 0. The molecule has 0 aromatic rings. The topological polar surface area (TPSA) is 0 Å². The van der Waals surface area contributed by atoms with Crippen LogP contribution in [0.25, 0.3) is 0 Å². The summed E-state index contributed by atoms with van der Waals surface area (Å²) in [5.41, 5.74) is 1.96. The Bertz CT molecular complexity index is 1800. The van der Waals surface area contributed by atoms with Gasteiger partial charge < -0.3 is 0 Å². The van der Waals surface area contributed by atoms with Gasteiger partial charge in [-0.2, -0.15) is 0 Å². The maximum absolute atomic E-state index is 8.27. The fourth-order valence-corrected chi connectivity index (χ4v) is 12.3. The van der Waals surface area contributed by atoms with Crippen molar-refractivity contribution in [3.05, 3.63) is 0 Å². The van der Waals surface area contributed by atoms with Gasteiger partial charge in [-0.1, -0.05) is 302 Å². The zero-order valence-electron chi connectivity index (χ0n) is 71.1. The smallest absolute Gasteiger partial charge is 0.0311 e. The predicted octanol–water partition coefficient (Wildman–Crippen LogP) is 27.4. The first-order valence-corrected chi connectivity index (χ1v) is 31.8. The van der Waals surface area contributed by atoms with Crippen LogP contribution in [0.4, 0.5) is 0 Å². The van der Waals surface area contributed by atoms with Crippen LogP contribution in [0.2, 0.25) is 0 Å². The van der Waals surface area contributed by atoms with Crippen LogP contribution in [0.1, 0.15) is 387 Å². The molecule has 0 heterocycles. The van der Waals surface area contributed by atoms with E-state index in [2.05, 4.69) is 201 Å². The minimum Gasteiger partial charge on any atom is -0.0651 e. The van der Waals surface area contributed by atoms with E-state index in [-0.39, 0.29) is 62.0 Å². The fourth-order valence-electron chi connectivity index (χ4n) is 12.3. The summed E-state index contributed by atoms with van der Waals surface area (Å²) in [7, 11) is 0. The van der Waals surface area contributed by atoms with Crippen molar-refractivity contribution < 1.29 is 15.1 Å². The highest BCUT2D eigenvalue weighted by Gasteiger charge is 2.55. The SMILES string of the molecule is CC(C)(C)C12CC3CC(CC(C3)C1)C2.CC(C)(C)CC(C)(C)C.[2H]C(C)(C(C)(C)C)C(C)(C)C.[2H]C(C)(C(C)C)C(C)(C)C.[2H]C(C)(C)C(C)(C)C.[2H]C([2H])([2H])C([2H])(C([2H])([2H])C)C(C)(C)C.[2H]C1(C(C)(C)C)CCCC1.[2H]C1(C(C)(C)C)CCCCC1. The van der Waals surface area contributed by atoms with Crippen LogP contribution in [0.15, 0.2) is 0 Å². The van der Waals surface area contributed by atoms with Gasteiger partial charge in [0.05, 0.1) is 0 Å². The van der Waals surface area contributed by atoms with Crippen molar-refractivity contribution in [2.75, 3.05) is 0 Å². The quantitative estimate of drug-likeness (QED) is 0.259. The molecule has 0 radical (unpaired) electrons. The summed E-state index contributed by atoms with van der Waals surface area (Å²) in [4.78, 5) is 0. The lowest BCUT2D eigenvalue weighted by Gasteiger charge is -2.62. The lowest BCUT2D eigenvalue weighted by atomic mass is 9.43. The van der Waals surface area contributed by atoms with Gasteiger partial charge in [0.1, 0.15) is 0 Å². The molecule has 0 aliphatic heterocycles. The van der Waals surface area contributed by atoms with E-state index in [1.54, 1.807) is 59.3 Å². The standard InChI is InChI=1S/C14H24.C10H20.C10H22.C9H18.2C9H20.C8H18.C7H16/c1-13(2,3)14-7-10-4-11(8-14)6-12(5-10)9-14;1-10(2,3)9-7-5-4-6-8-9;1-8(9(2,3)4)10(5,6)7;1-9(2,3)8-6-4-5-7-8;1-8(2,3)7-9(4,5)6;1-7(2)8(3)9(4,5)6;1-6-7(2)8(3,4)5;1-6(2)7(3,4)5/h10-12H,4-9H2,1-3H3;9H,4-8H2,1-3H3;8H,1-7H3;8H,4-7H2,1-3H3;7H2,1-6H3;7-8H,1-6H3;7H,6H2,1-5H3;6H,1-5H3/i;9D;2*8D;;8D;2D3,6D2,7D;6D. The molecule has 6 saturated carbocycles. The summed E-state index contributed by atoms with van der Waals surface area (Å²) in [6.45, 7) is 75.1. The molecule has 0 nitrogen and oxygen atoms in total. The molecule has 0 N–H and O–H groups in total. The zero-order valence-corrected chi connectivity index (χ0v) is 60.1. The number of hydrogen-bond acceptors (Lipinski definition) is 0. The van der Waals surface area contributed by atoms with Crippen molar-refractivity contribution >= 4 is 0 Å². The van der Waals surface area contributed by atoms with Gasteiger partial charge in [-0.15, -0.1) is 0 Å². The molecule has 4 bridgehead atoms. The highest BCUT2D eigenvalue weighted by atomic mass is 14.6. The first kappa shape index (κ1) is 60.6. The van der Waals surface area contributed by atoms with Gasteiger partial charge >= 0.3 is 0 Å². The molecule has 0 heteroatoms. The van der Waals surface area contributed by atoms with E-state index in [9.17, 15) is 0 Å². The Morgan fingerprint density at radius 3 is 0.842 bits per heavy atom. The monoisotopic (exact) mass is 1080 g/mol. The van der Waals surface area contributed by atoms with Gasteiger partial charge in [-0.3, -0.25) is 0 Å². The molecule has 462 valence electrons. The Kier molecular flexibility index (Phi) is 25.6. The lowest BCUT2D eigenvalue weighted by molar-refractivity contribution is -0.113. The van der Waals surface area contributed by atoms with Gasteiger partial charge in [0.25, 0.3) is 0 Å². The highest BCUT2D eigenvalue weighted by Crippen LogP contribution is 2.65. The molecule has 0 aromatic carbocycles. The van der Waals surface area contributed by atoms with E-state index in [1.165, 1.54) is 38.5 Å². The van der Waals surface area contributed by atoms with Crippen molar-refractivity contribution in [1.82, 2.24) is 0 Å². The highest BCUT2D eigenvalue weighted by molar-refractivity contribution is 5.05. The molecule has 6 rings (SSSR count). The second-order valence-corrected chi connectivity index (χ2v) is 36.6. The molecule has 0 saturated heterocycles. The Balaban J connectivity index is -0.000000934. The Labute approximate surface area is 504 Å². The molecule has 6 aliphatic rings. The summed E-state index contributed by atoms with van der Waals surface area (Å²) in [6.07, 6.45) is 19.5. The van der Waals surface area contributed by atoms with E-state index in [4.69, 9.17) is 15.1 Å². The van der Waals surface area contributed by atoms with E-state index >= 15 is 0 Å². The van der Waals surface area contributed by atoms with Crippen LogP contribution < -0.4 is 0 Å². The normalized spacial score (nSPS) is 28.0. The molecule has 6 fully saturated rings. The minimum atomic E-state index is -2.64.